The molecular formula is C26H46N4O5. The fraction of sp³-hybridized carbons (Fsp3) is 0.808. The van der Waals surface area contributed by atoms with Gasteiger partial charge >= 0.3 is 12.2 Å². The van der Waals surface area contributed by atoms with Gasteiger partial charge in [-0.3, -0.25) is 0 Å². The van der Waals surface area contributed by atoms with E-state index in [9.17, 15) is 9.59 Å². The number of nitrogens with zero attached hydrogens (tertiary/aromatic N) is 3. The van der Waals surface area contributed by atoms with Crippen molar-refractivity contribution >= 4 is 12.2 Å². The topological polar surface area (TPSA) is 111 Å². The lowest BCUT2D eigenvalue weighted by molar-refractivity contribution is 0.00997. The van der Waals surface area contributed by atoms with Crippen molar-refractivity contribution in [2.75, 3.05) is 19.6 Å². The van der Waals surface area contributed by atoms with Crippen LogP contribution in [0.15, 0.2) is 10.6 Å². The maximum absolute atomic E-state index is 13.0. The predicted molar refractivity (Wildman–Crippen MR) is 135 cm³/mol. The Bertz CT molecular complexity index is 790. The Morgan fingerprint density at radius 1 is 0.971 bits per heavy atom. The summed E-state index contributed by atoms with van der Waals surface area (Å²) in [4.78, 5) is 29.5. The predicted octanol–water partition coefficient (Wildman–Crippen LogP) is 5.26. The molecule has 0 atom stereocenters. The molecule has 1 aliphatic carbocycles. The Balaban J connectivity index is 1.99. The number of aryl methyl sites for hydroxylation is 1. The number of nitrogens with two attached hydrogens (primary N) is 1. The maximum Gasteiger partial charge on any atom is 0.410 e. The van der Waals surface area contributed by atoms with Crippen LogP contribution in [0.3, 0.4) is 0 Å². The zero-order valence-corrected chi connectivity index (χ0v) is 22.6. The molecule has 0 aromatic carbocycles. The van der Waals surface area contributed by atoms with Crippen LogP contribution < -0.4 is 5.73 Å². The summed E-state index contributed by atoms with van der Waals surface area (Å²) in [7, 11) is 0. The second kappa shape index (κ2) is 13.1. The molecule has 0 bridgehead atoms. The SMILES string of the molecule is CC(C)(C)OC(=O)N(CCCc1cc(CN)no1)CCCN(C(=O)OC(C)(C)C)C1CCCCC1. The monoisotopic (exact) mass is 494 g/mol. The highest BCUT2D eigenvalue weighted by atomic mass is 16.6. The molecule has 0 saturated heterocycles. The number of aromatic nitrogens is 1. The lowest BCUT2D eigenvalue weighted by atomic mass is 9.94. The van der Waals surface area contributed by atoms with Crippen molar-refractivity contribution in [3.8, 4) is 0 Å². The van der Waals surface area contributed by atoms with Gasteiger partial charge in [0, 0.05) is 44.7 Å². The van der Waals surface area contributed by atoms with Gasteiger partial charge in [0.1, 0.15) is 17.0 Å². The summed E-state index contributed by atoms with van der Waals surface area (Å²) in [5.41, 5.74) is 5.19. The number of amides is 2. The third-order valence-electron chi connectivity index (χ3n) is 5.79. The third kappa shape index (κ3) is 10.9. The first kappa shape index (κ1) is 28.9. The average molecular weight is 495 g/mol. The van der Waals surface area contributed by atoms with Gasteiger partial charge in [-0.25, -0.2) is 9.59 Å². The number of rotatable bonds is 10. The van der Waals surface area contributed by atoms with E-state index in [1.165, 1.54) is 6.42 Å². The highest BCUT2D eigenvalue weighted by Crippen LogP contribution is 2.25. The van der Waals surface area contributed by atoms with E-state index in [-0.39, 0.29) is 18.2 Å². The van der Waals surface area contributed by atoms with E-state index in [1.54, 1.807) is 4.90 Å². The molecule has 35 heavy (non-hydrogen) atoms. The summed E-state index contributed by atoms with van der Waals surface area (Å²) < 4.78 is 16.6. The number of hydrogen-bond donors (Lipinski definition) is 1. The molecule has 1 aromatic rings. The second-order valence-corrected chi connectivity index (χ2v) is 11.4. The summed E-state index contributed by atoms with van der Waals surface area (Å²) in [6.45, 7) is 13.1. The first-order valence-corrected chi connectivity index (χ1v) is 13.0. The normalized spacial score (nSPS) is 15.1. The van der Waals surface area contributed by atoms with Crippen LogP contribution >= 0.6 is 0 Å². The lowest BCUT2D eigenvalue weighted by Gasteiger charge is -2.36. The van der Waals surface area contributed by atoms with Gasteiger partial charge in [-0.05, 0) is 67.2 Å². The van der Waals surface area contributed by atoms with Crippen molar-refractivity contribution in [1.29, 1.82) is 0 Å². The van der Waals surface area contributed by atoms with Crippen molar-refractivity contribution in [2.45, 2.75) is 117 Å². The fourth-order valence-electron chi connectivity index (χ4n) is 4.20. The van der Waals surface area contributed by atoms with Gasteiger partial charge in [-0.2, -0.15) is 0 Å². The molecule has 0 spiro atoms. The average Bonchev–Trinajstić information content (AvgIpc) is 3.21. The Morgan fingerprint density at radius 3 is 2.14 bits per heavy atom. The van der Waals surface area contributed by atoms with Gasteiger partial charge in [0.2, 0.25) is 0 Å². The molecule has 2 amide bonds. The largest absolute Gasteiger partial charge is 0.444 e. The van der Waals surface area contributed by atoms with Gasteiger partial charge < -0.3 is 29.5 Å². The number of carbonyl (C=O) groups excluding carboxylic acids is 2. The van der Waals surface area contributed by atoms with Gasteiger partial charge in [-0.15, -0.1) is 0 Å². The molecule has 2 rings (SSSR count). The molecule has 0 unspecified atom stereocenters. The van der Waals surface area contributed by atoms with Crippen LogP contribution in [-0.2, 0) is 22.4 Å². The van der Waals surface area contributed by atoms with Crippen LogP contribution in [-0.4, -0.2) is 64.0 Å². The fourth-order valence-corrected chi connectivity index (χ4v) is 4.20. The van der Waals surface area contributed by atoms with Gasteiger partial charge in [0.25, 0.3) is 0 Å². The summed E-state index contributed by atoms with van der Waals surface area (Å²) in [6.07, 6.45) is 6.85. The van der Waals surface area contributed by atoms with Gasteiger partial charge in [-0.1, -0.05) is 24.4 Å². The minimum absolute atomic E-state index is 0.191. The molecule has 1 heterocycles. The van der Waals surface area contributed by atoms with Crippen molar-refractivity contribution in [3.63, 3.8) is 0 Å². The van der Waals surface area contributed by atoms with Crippen molar-refractivity contribution < 1.29 is 23.6 Å². The van der Waals surface area contributed by atoms with E-state index in [2.05, 4.69) is 5.16 Å². The van der Waals surface area contributed by atoms with E-state index in [0.29, 0.717) is 51.1 Å². The molecule has 0 radical (unpaired) electrons. The molecule has 0 aliphatic heterocycles. The molecule has 2 N–H and O–H groups in total. The number of ether oxygens (including phenoxy) is 2. The highest BCUT2D eigenvalue weighted by Gasteiger charge is 2.30. The molecule has 1 aliphatic rings. The maximum atomic E-state index is 13.0. The Kier molecular flexibility index (Phi) is 10.9. The molecule has 1 saturated carbocycles. The quantitative estimate of drug-likeness (QED) is 0.472. The lowest BCUT2D eigenvalue weighted by Crippen LogP contribution is -2.46. The third-order valence-corrected chi connectivity index (χ3v) is 5.79. The highest BCUT2D eigenvalue weighted by molar-refractivity contribution is 5.69. The molecule has 9 heteroatoms. The van der Waals surface area contributed by atoms with Gasteiger partial charge in [0.15, 0.2) is 0 Å². The second-order valence-electron chi connectivity index (χ2n) is 11.4. The van der Waals surface area contributed by atoms with Crippen molar-refractivity contribution in [1.82, 2.24) is 15.0 Å². The minimum atomic E-state index is -0.582. The standard InChI is InChI=1S/C26H46N4O5/c1-25(2,3)33-23(31)29(15-10-14-22-18-20(19-27)28-35-22)16-11-17-30(21-12-8-7-9-13-21)24(32)34-26(4,5)6/h18,21H,7-17,19,27H2,1-6H3. The van der Waals surface area contributed by atoms with Crippen molar-refractivity contribution in [2.24, 2.45) is 5.73 Å². The van der Waals surface area contributed by atoms with Crippen LogP contribution in [0.2, 0.25) is 0 Å². The molecular weight excluding hydrogens is 448 g/mol. The molecule has 1 aromatic heterocycles. The van der Waals surface area contributed by atoms with E-state index < -0.39 is 11.2 Å². The van der Waals surface area contributed by atoms with E-state index in [4.69, 9.17) is 19.7 Å². The van der Waals surface area contributed by atoms with Crippen LogP contribution in [0, 0.1) is 0 Å². The van der Waals surface area contributed by atoms with Gasteiger partial charge in [0.05, 0.1) is 5.69 Å². The van der Waals surface area contributed by atoms with Crippen molar-refractivity contribution in [3.05, 3.63) is 17.5 Å². The summed E-state index contributed by atoms with van der Waals surface area (Å²) in [6, 6.07) is 2.04. The smallest absolute Gasteiger partial charge is 0.410 e. The minimum Gasteiger partial charge on any atom is -0.444 e. The molecule has 1 fully saturated rings. The van der Waals surface area contributed by atoms with Crippen LogP contribution in [0.25, 0.3) is 0 Å². The zero-order chi connectivity index (χ0) is 26.1. The Morgan fingerprint density at radius 2 is 1.57 bits per heavy atom. The number of carbonyl (C=O) groups is 2. The first-order valence-electron chi connectivity index (χ1n) is 13.0. The Labute approximate surface area is 210 Å². The molecule has 9 nitrogen and oxygen atoms in total. The van der Waals surface area contributed by atoms with Crippen LogP contribution in [0.4, 0.5) is 9.59 Å². The van der Waals surface area contributed by atoms with E-state index in [1.807, 2.05) is 52.5 Å². The Hall–Kier alpha value is -2.29. The van der Waals surface area contributed by atoms with E-state index >= 15 is 0 Å². The summed E-state index contributed by atoms with van der Waals surface area (Å²) in [5, 5.41) is 3.92. The molecule has 200 valence electrons. The van der Waals surface area contributed by atoms with Crippen LogP contribution in [0.1, 0.15) is 97.9 Å². The zero-order valence-electron chi connectivity index (χ0n) is 22.6. The first-order chi connectivity index (χ1) is 16.4. The number of hydrogen-bond acceptors (Lipinski definition) is 7. The van der Waals surface area contributed by atoms with E-state index in [0.717, 1.165) is 31.4 Å². The summed E-state index contributed by atoms with van der Waals surface area (Å²) in [5.74, 6) is 0.753. The summed E-state index contributed by atoms with van der Waals surface area (Å²) >= 11 is 0. The van der Waals surface area contributed by atoms with Crippen LogP contribution in [0.5, 0.6) is 0 Å².